The third-order valence-electron chi connectivity index (χ3n) is 2.97. The van der Waals surface area contributed by atoms with Crippen molar-refractivity contribution in [1.29, 1.82) is 0 Å². The minimum absolute atomic E-state index is 0.00587. The van der Waals surface area contributed by atoms with Crippen molar-refractivity contribution in [3.63, 3.8) is 0 Å². The number of nitrogens with zero attached hydrogens (tertiary/aromatic N) is 1. The van der Waals surface area contributed by atoms with Gasteiger partial charge in [-0.25, -0.2) is 9.36 Å². The molecule has 0 aliphatic rings. The van der Waals surface area contributed by atoms with E-state index >= 15 is 0 Å². The summed E-state index contributed by atoms with van der Waals surface area (Å²) >= 11 is 0. The molecular formula is C14H20N3O4+. The van der Waals surface area contributed by atoms with Crippen molar-refractivity contribution in [2.75, 3.05) is 0 Å². The quantitative estimate of drug-likeness (QED) is 0.561. The Hall–Kier alpha value is -2.44. The Labute approximate surface area is 122 Å². The Bertz CT molecular complexity index is 513. The van der Waals surface area contributed by atoms with Crippen LogP contribution in [0.4, 0.5) is 0 Å². The number of amides is 2. The highest BCUT2D eigenvalue weighted by molar-refractivity contribution is 5.84. The summed E-state index contributed by atoms with van der Waals surface area (Å²) < 4.78 is 1.84. The molecule has 1 rings (SSSR count). The number of aliphatic carboxylic acids is 1. The van der Waals surface area contributed by atoms with Gasteiger partial charge in [-0.1, -0.05) is 0 Å². The maximum Gasteiger partial charge on any atom is 0.326 e. The second-order valence-electron chi connectivity index (χ2n) is 4.83. The molecule has 0 aliphatic carbocycles. The molecule has 1 heterocycles. The lowest BCUT2D eigenvalue weighted by Gasteiger charge is -2.12. The molecule has 0 fully saturated rings. The van der Waals surface area contributed by atoms with E-state index < -0.39 is 17.9 Å². The van der Waals surface area contributed by atoms with Crippen molar-refractivity contribution in [2.45, 2.75) is 38.8 Å². The number of hydrogen-bond donors (Lipinski definition) is 3. The summed E-state index contributed by atoms with van der Waals surface area (Å²) in [5.74, 6) is -2.14. The Morgan fingerprint density at radius 1 is 1.29 bits per heavy atom. The van der Waals surface area contributed by atoms with E-state index in [-0.39, 0.29) is 25.2 Å². The summed E-state index contributed by atoms with van der Waals surface area (Å²) in [6, 6.07) is 2.75. The lowest BCUT2D eigenvalue weighted by atomic mass is 10.1. The van der Waals surface area contributed by atoms with E-state index in [4.69, 9.17) is 10.8 Å². The lowest BCUT2D eigenvalue weighted by Crippen LogP contribution is -2.43. The summed E-state index contributed by atoms with van der Waals surface area (Å²) in [7, 11) is 0. The van der Waals surface area contributed by atoms with Crippen LogP contribution in [-0.4, -0.2) is 28.9 Å². The SMILES string of the molecule is Cc1cc[n+](CCC(=O)NC(CCC(N)=O)C(=O)O)cc1. The second kappa shape index (κ2) is 7.98. The first-order valence-electron chi connectivity index (χ1n) is 6.64. The topological polar surface area (TPSA) is 113 Å². The number of carboxylic acids is 1. The van der Waals surface area contributed by atoms with Crippen LogP contribution < -0.4 is 15.6 Å². The largest absolute Gasteiger partial charge is 0.480 e. The number of carbonyl (C=O) groups excluding carboxylic acids is 2. The zero-order valence-electron chi connectivity index (χ0n) is 11.9. The minimum atomic E-state index is -1.17. The van der Waals surface area contributed by atoms with Crippen molar-refractivity contribution >= 4 is 17.8 Å². The molecule has 4 N–H and O–H groups in total. The fourth-order valence-corrected chi connectivity index (χ4v) is 1.72. The molecule has 114 valence electrons. The summed E-state index contributed by atoms with van der Waals surface area (Å²) in [6.45, 7) is 2.42. The van der Waals surface area contributed by atoms with Crippen LogP contribution in [0.5, 0.6) is 0 Å². The van der Waals surface area contributed by atoms with Gasteiger partial charge in [-0.15, -0.1) is 0 Å². The molecule has 0 radical (unpaired) electrons. The fraction of sp³-hybridized carbons (Fsp3) is 0.429. The number of hydrogen-bond acceptors (Lipinski definition) is 3. The Morgan fingerprint density at radius 2 is 1.90 bits per heavy atom. The number of carboxylic acid groups (broad SMARTS) is 1. The molecule has 1 unspecified atom stereocenters. The highest BCUT2D eigenvalue weighted by Gasteiger charge is 2.20. The van der Waals surface area contributed by atoms with E-state index in [2.05, 4.69) is 5.32 Å². The summed E-state index contributed by atoms with van der Waals surface area (Å²) in [5, 5.41) is 11.4. The molecule has 0 aliphatic heterocycles. The normalized spacial score (nSPS) is 11.7. The zero-order valence-corrected chi connectivity index (χ0v) is 11.9. The Balaban J connectivity index is 2.44. The van der Waals surface area contributed by atoms with Crippen LogP contribution in [0.15, 0.2) is 24.5 Å². The van der Waals surface area contributed by atoms with Crippen molar-refractivity contribution < 1.29 is 24.1 Å². The fourth-order valence-electron chi connectivity index (χ4n) is 1.72. The van der Waals surface area contributed by atoms with Crippen LogP contribution in [0, 0.1) is 6.92 Å². The van der Waals surface area contributed by atoms with Crippen LogP contribution in [0.2, 0.25) is 0 Å². The number of rotatable bonds is 8. The van der Waals surface area contributed by atoms with Crippen LogP contribution in [0.25, 0.3) is 0 Å². The molecule has 1 aromatic rings. The van der Waals surface area contributed by atoms with Gasteiger partial charge in [-0.05, 0) is 18.9 Å². The Morgan fingerprint density at radius 3 is 2.43 bits per heavy atom. The molecule has 0 saturated carbocycles. The van der Waals surface area contributed by atoms with E-state index in [9.17, 15) is 14.4 Å². The molecule has 2 amide bonds. The van der Waals surface area contributed by atoms with Crippen LogP contribution >= 0.6 is 0 Å². The number of pyridine rings is 1. The lowest BCUT2D eigenvalue weighted by molar-refractivity contribution is -0.695. The molecular weight excluding hydrogens is 274 g/mol. The van der Waals surface area contributed by atoms with Gasteiger partial charge in [0.25, 0.3) is 0 Å². The van der Waals surface area contributed by atoms with Gasteiger partial charge in [-0.2, -0.15) is 0 Å². The van der Waals surface area contributed by atoms with Crippen molar-refractivity contribution in [3.8, 4) is 0 Å². The minimum Gasteiger partial charge on any atom is -0.480 e. The van der Waals surface area contributed by atoms with Gasteiger partial charge in [0.2, 0.25) is 11.8 Å². The van der Waals surface area contributed by atoms with Crippen molar-refractivity contribution in [2.24, 2.45) is 5.73 Å². The number of nitrogens with two attached hydrogens (primary N) is 1. The molecule has 0 aromatic carbocycles. The van der Waals surface area contributed by atoms with Gasteiger partial charge in [0.15, 0.2) is 18.9 Å². The third-order valence-corrected chi connectivity index (χ3v) is 2.97. The molecule has 1 atom stereocenters. The smallest absolute Gasteiger partial charge is 0.326 e. The van der Waals surface area contributed by atoms with E-state index in [1.165, 1.54) is 0 Å². The molecule has 0 bridgehead atoms. The van der Waals surface area contributed by atoms with E-state index in [1.54, 1.807) is 0 Å². The summed E-state index contributed by atoms with van der Waals surface area (Å²) in [5.41, 5.74) is 6.09. The van der Waals surface area contributed by atoms with Gasteiger partial charge in [-0.3, -0.25) is 9.59 Å². The van der Waals surface area contributed by atoms with E-state index in [0.717, 1.165) is 5.56 Å². The maximum atomic E-state index is 11.7. The average molecular weight is 294 g/mol. The summed E-state index contributed by atoms with van der Waals surface area (Å²) in [6.07, 6.45) is 3.78. The number of aromatic nitrogens is 1. The third kappa shape index (κ3) is 6.51. The monoisotopic (exact) mass is 294 g/mol. The van der Waals surface area contributed by atoms with E-state index in [0.29, 0.717) is 6.54 Å². The number of primary amides is 1. The number of nitrogens with one attached hydrogen (secondary N) is 1. The van der Waals surface area contributed by atoms with Gasteiger partial charge in [0.05, 0.1) is 6.42 Å². The van der Waals surface area contributed by atoms with Crippen LogP contribution in [0.3, 0.4) is 0 Å². The predicted molar refractivity (Wildman–Crippen MR) is 74.0 cm³/mol. The van der Waals surface area contributed by atoms with Gasteiger partial charge >= 0.3 is 5.97 Å². The zero-order chi connectivity index (χ0) is 15.8. The number of aryl methyl sites for hydroxylation is 2. The predicted octanol–water partition coefficient (Wildman–Crippen LogP) is -0.492. The van der Waals surface area contributed by atoms with Gasteiger partial charge in [0, 0.05) is 18.6 Å². The van der Waals surface area contributed by atoms with Crippen LogP contribution in [0.1, 0.15) is 24.8 Å². The first-order chi connectivity index (χ1) is 9.88. The molecule has 1 aromatic heterocycles. The van der Waals surface area contributed by atoms with Gasteiger partial charge < -0.3 is 16.2 Å². The van der Waals surface area contributed by atoms with Crippen molar-refractivity contribution in [3.05, 3.63) is 30.1 Å². The Kier molecular flexibility index (Phi) is 6.32. The van der Waals surface area contributed by atoms with Gasteiger partial charge in [0.1, 0.15) is 6.04 Å². The molecule has 21 heavy (non-hydrogen) atoms. The van der Waals surface area contributed by atoms with Crippen LogP contribution in [-0.2, 0) is 20.9 Å². The molecule has 7 heteroatoms. The standard InChI is InChI=1S/C14H19N3O4/c1-10-4-7-17(8-5-10)9-6-13(19)16-11(14(20)21)2-3-12(15)18/h4-5,7-8,11H,2-3,6,9H2,1H3,(H3-,15,16,18,19,20,21)/p+1. The number of carbonyl (C=O) groups is 3. The molecule has 0 spiro atoms. The molecule has 7 nitrogen and oxygen atoms in total. The highest BCUT2D eigenvalue weighted by atomic mass is 16.4. The first-order valence-corrected chi connectivity index (χ1v) is 6.64. The highest BCUT2D eigenvalue weighted by Crippen LogP contribution is 1.98. The van der Waals surface area contributed by atoms with Crippen molar-refractivity contribution in [1.82, 2.24) is 5.32 Å². The maximum absolute atomic E-state index is 11.7. The van der Waals surface area contributed by atoms with E-state index in [1.807, 2.05) is 36.0 Å². The average Bonchev–Trinajstić information content (AvgIpc) is 2.42. The molecule has 0 saturated heterocycles. The second-order valence-corrected chi connectivity index (χ2v) is 4.83. The first kappa shape index (κ1) is 16.6. The summed E-state index contributed by atoms with van der Waals surface area (Å²) in [4.78, 5) is 33.4.